The maximum atomic E-state index is 12.1. The zero-order chi connectivity index (χ0) is 14.5. The minimum atomic E-state index is -0.359. The Balaban J connectivity index is 2.40. The highest BCUT2D eigenvalue weighted by molar-refractivity contribution is 5.80. The zero-order valence-corrected chi connectivity index (χ0v) is 11.5. The number of fused-ring (bicyclic) bond motifs is 1. The summed E-state index contributed by atoms with van der Waals surface area (Å²) >= 11 is 0. The molecule has 5 nitrogen and oxygen atoms in total. The molecule has 108 valence electrons. The van der Waals surface area contributed by atoms with Gasteiger partial charge in [0.2, 0.25) is 0 Å². The van der Waals surface area contributed by atoms with E-state index in [1.54, 1.807) is 6.07 Å². The fourth-order valence-corrected chi connectivity index (χ4v) is 2.30. The quantitative estimate of drug-likeness (QED) is 0.767. The highest BCUT2D eigenvalue weighted by atomic mass is 16.4. The van der Waals surface area contributed by atoms with E-state index in [4.69, 9.17) is 14.6 Å². The van der Waals surface area contributed by atoms with Crippen LogP contribution in [0.5, 0.6) is 0 Å². The van der Waals surface area contributed by atoms with Crippen molar-refractivity contribution in [3.05, 3.63) is 45.8 Å². The van der Waals surface area contributed by atoms with Gasteiger partial charge >= 0.3 is 5.63 Å². The smallest absolute Gasteiger partial charge is 0.341 e. The van der Waals surface area contributed by atoms with Crippen LogP contribution in [0.1, 0.15) is 11.1 Å². The van der Waals surface area contributed by atoms with E-state index < -0.39 is 0 Å². The molecule has 0 radical (unpaired) electrons. The topological polar surface area (TPSA) is 73.9 Å². The van der Waals surface area contributed by atoms with Gasteiger partial charge in [0, 0.05) is 25.0 Å². The molecular formula is C15H19NO4. The summed E-state index contributed by atoms with van der Waals surface area (Å²) in [7, 11) is 0. The Kier molecular flexibility index (Phi) is 4.89. The van der Waals surface area contributed by atoms with Gasteiger partial charge in [0.25, 0.3) is 0 Å². The van der Waals surface area contributed by atoms with Crippen molar-refractivity contribution < 1.29 is 14.6 Å². The van der Waals surface area contributed by atoms with E-state index in [1.165, 1.54) is 0 Å². The Morgan fingerprint density at radius 3 is 2.45 bits per heavy atom. The number of hydrogen-bond donors (Lipinski definition) is 2. The van der Waals surface area contributed by atoms with Gasteiger partial charge in [-0.3, -0.25) is 4.90 Å². The molecule has 0 unspecified atom stereocenters. The van der Waals surface area contributed by atoms with Gasteiger partial charge in [-0.1, -0.05) is 18.2 Å². The van der Waals surface area contributed by atoms with E-state index in [0.717, 1.165) is 10.9 Å². The molecule has 0 bridgehead atoms. The van der Waals surface area contributed by atoms with Gasteiger partial charge in [0.05, 0.1) is 18.8 Å². The summed E-state index contributed by atoms with van der Waals surface area (Å²) in [4.78, 5) is 13.9. The molecule has 0 fully saturated rings. The molecule has 0 aliphatic rings. The largest absolute Gasteiger partial charge is 0.422 e. The maximum Gasteiger partial charge on any atom is 0.341 e. The third kappa shape index (κ3) is 3.07. The summed E-state index contributed by atoms with van der Waals surface area (Å²) in [5.74, 6) is 0. The monoisotopic (exact) mass is 277 g/mol. The Bertz CT molecular complexity index is 629. The molecule has 2 rings (SSSR count). The molecule has 0 saturated heterocycles. The molecule has 5 heteroatoms. The molecule has 0 atom stereocenters. The van der Waals surface area contributed by atoms with Gasteiger partial charge < -0.3 is 14.6 Å². The van der Waals surface area contributed by atoms with E-state index in [2.05, 4.69) is 0 Å². The average molecular weight is 277 g/mol. The Morgan fingerprint density at radius 1 is 1.15 bits per heavy atom. The van der Waals surface area contributed by atoms with Crippen molar-refractivity contribution in [1.82, 2.24) is 4.90 Å². The first-order chi connectivity index (χ1) is 9.67. The molecule has 20 heavy (non-hydrogen) atoms. The molecule has 0 spiro atoms. The second-order valence-electron chi connectivity index (χ2n) is 4.71. The number of rotatable bonds is 6. The molecule has 1 aromatic heterocycles. The molecule has 0 aliphatic heterocycles. The normalized spacial score (nSPS) is 11.4. The van der Waals surface area contributed by atoms with Gasteiger partial charge in [-0.2, -0.15) is 0 Å². The summed E-state index contributed by atoms with van der Waals surface area (Å²) in [5.41, 5.74) is 1.68. The van der Waals surface area contributed by atoms with Crippen molar-refractivity contribution in [2.45, 2.75) is 13.5 Å². The Labute approximate surface area is 117 Å². The van der Waals surface area contributed by atoms with E-state index >= 15 is 0 Å². The fraction of sp³-hybridized carbons (Fsp3) is 0.400. The lowest BCUT2D eigenvalue weighted by Crippen LogP contribution is -2.31. The van der Waals surface area contributed by atoms with Crippen molar-refractivity contribution in [1.29, 1.82) is 0 Å². The third-order valence-electron chi connectivity index (χ3n) is 3.41. The molecule has 2 aromatic rings. The molecule has 0 amide bonds. The van der Waals surface area contributed by atoms with Crippen LogP contribution in [0.15, 0.2) is 33.5 Å². The number of nitrogens with zero attached hydrogens (tertiary/aromatic N) is 1. The van der Waals surface area contributed by atoms with Gasteiger partial charge in [-0.25, -0.2) is 4.79 Å². The zero-order valence-electron chi connectivity index (χ0n) is 11.5. The molecule has 2 N–H and O–H groups in total. The van der Waals surface area contributed by atoms with E-state index in [0.29, 0.717) is 30.8 Å². The molecule has 1 heterocycles. The van der Waals surface area contributed by atoms with E-state index in [9.17, 15) is 4.79 Å². The lowest BCUT2D eigenvalue weighted by atomic mass is 10.1. The van der Waals surface area contributed by atoms with Crippen molar-refractivity contribution in [3.8, 4) is 0 Å². The minimum Gasteiger partial charge on any atom is -0.422 e. The van der Waals surface area contributed by atoms with Crippen LogP contribution in [0, 0.1) is 6.92 Å². The van der Waals surface area contributed by atoms with Gasteiger partial charge in [-0.05, 0) is 18.6 Å². The first-order valence-corrected chi connectivity index (χ1v) is 6.62. The highest BCUT2D eigenvalue weighted by Gasteiger charge is 2.14. The average Bonchev–Trinajstić information content (AvgIpc) is 2.44. The first-order valence-electron chi connectivity index (χ1n) is 6.62. The van der Waals surface area contributed by atoms with Crippen LogP contribution in [0.4, 0.5) is 0 Å². The van der Waals surface area contributed by atoms with E-state index in [-0.39, 0.29) is 18.8 Å². The van der Waals surface area contributed by atoms with Crippen LogP contribution in [0.3, 0.4) is 0 Å². The van der Waals surface area contributed by atoms with Gasteiger partial charge in [0.15, 0.2) is 0 Å². The third-order valence-corrected chi connectivity index (χ3v) is 3.41. The summed E-state index contributed by atoms with van der Waals surface area (Å²) in [5, 5.41) is 19.0. The molecule has 0 aliphatic carbocycles. The lowest BCUT2D eigenvalue weighted by molar-refractivity contribution is 0.154. The second-order valence-corrected chi connectivity index (χ2v) is 4.71. The van der Waals surface area contributed by atoms with Crippen molar-refractivity contribution in [3.63, 3.8) is 0 Å². The number of aliphatic hydroxyl groups is 2. The van der Waals surface area contributed by atoms with Crippen LogP contribution in [-0.4, -0.2) is 41.4 Å². The standard InChI is InChI=1S/C15H19NO4/c1-11-12-4-2-3-5-14(12)20-15(19)13(11)10-16(6-8-17)7-9-18/h2-5,17-18H,6-10H2,1H3. The van der Waals surface area contributed by atoms with Crippen LogP contribution in [0.2, 0.25) is 0 Å². The molecule has 1 aromatic carbocycles. The summed E-state index contributed by atoms with van der Waals surface area (Å²) < 4.78 is 5.32. The summed E-state index contributed by atoms with van der Waals surface area (Å²) in [6.45, 7) is 3.04. The van der Waals surface area contributed by atoms with Crippen LogP contribution >= 0.6 is 0 Å². The first kappa shape index (κ1) is 14.7. The van der Waals surface area contributed by atoms with Crippen LogP contribution in [-0.2, 0) is 6.54 Å². The molecule has 0 saturated carbocycles. The predicted molar refractivity (Wildman–Crippen MR) is 76.7 cm³/mol. The van der Waals surface area contributed by atoms with Gasteiger partial charge in [-0.15, -0.1) is 0 Å². The Morgan fingerprint density at radius 2 is 1.80 bits per heavy atom. The number of para-hydroxylation sites is 1. The van der Waals surface area contributed by atoms with Crippen molar-refractivity contribution >= 4 is 11.0 Å². The number of aryl methyl sites for hydroxylation is 1. The lowest BCUT2D eigenvalue weighted by Gasteiger charge is -2.20. The van der Waals surface area contributed by atoms with Crippen molar-refractivity contribution in [2.24, 2.45) is 0 Å². The highest BCUT2D eigenvalue weighted by Crippen LogP contribution is 2.19. The minimum absolute atomic E-state index is 0.0159. The second kappa shape index (κ2) is 6.65. The molecular weight excluding hydrogens is 258 g/mol. The predicted octanol–water partition coefficient (Wildman–Crippen LogP) is 0.888. The van der Waals surface area contributed by atoms with Crippen LogP contribution < -0.4 is 5.63 Å². The Hall–Kier alpha value is -1.69. The maximum absolute atomic E-state index is 12.1. The number of benzene rings is 1. The fourth-order valence-electron chi connectivity index (χ4n) is 2.30. The van der Waals surface area contributed by atoms with E-state index in [1.807, 2.05) is 30.0 Å². The summed E-state index contributed by atoms with van der Waals surface area (Å²) in [6.07, 6.45) is 0. The number of aliphatic hydroxyl groups excluding tert-OH is 2. The van der Waals surface area contributed by atoms with Gasteiger partial charge in [0.1, 0.15) is 5.58 Å². The number of hydrogen-bond acceptors (Lipinski definition) is 5. The summed E-state index contributed by atoms with van der Waals surface area (Å²) in [6, 6.07) is 7.42. The van der Waals surface area contributed by atoms with Crippen molar-refractivity contribution in [2.75, 3.05) is 26.3 Å². The SMILES string of the molecule is Cc1c(CN(CCO)CCO)c(=O)oc2ccccc12. The van der Waals surface area contributed by atoms with Crippen LogP contribution in [0.25, 0.3) is 11.0 Å².